The first-order valence-corrected chi connectivity index (χ1v) is 5.03. The fourth-order valence-corrected chi connectivity index (χ4v) is 0.979. The van der Waals surface area contributed by atoms with Crippen LogP contribution in [-0.4, -0.2) is 28.8 Å². The molecule has 0 unspecified atom stereocenters. The van der Waals surface area contributed by atoms with Gasteiger partial charge in [0, 0.05) is 25.6 Å². The Kier molecular flexibility index (Phi) is 6.19. The van der Waals surface area contributed by atoms with Crippen molar-refractivity contribution >= 4 is 28.0 Å². The van der Waals surface area contributed by atoms with E-state index in [2.05, 4.69) is 28.0 Å². The topological polar surface area (TPSA) is 49.4 Å². The average molecular weight is 263 g/mol. The van der Waals surface area contributed by atoms with E-state index in [1.165, 1.54) is 10.8 Å². The van der Waals surface area contributed by atoms with Gasteiger partial charge in [0.15, 0.2) is 0 Å². The van der Waals surface area contributed by atoms with Crippen LogP contribution in [0.5, 0.6) is 0 Å². The summed E-state index contributed by atoms with van der Waals surface area (Å²) in [6.45, 7) is 7.76. The van der Waals surface area contributed by atoms with Crippen LogP contribution in [0.25, 0.3) is 0 Å². The number of hydrogen-bond acceptors (Lipinski definition) is 2. The molecule has 5 heteroatoms. The van der Waals surface area contributed by atoms with Gasteiger partial charge in [0.2, 0.25) is 11.8 Å². The van der Waals surface area contributed by atoms with Gasteiger partial charge in [-0.15, -0.1) is 0 Å². The lowest BCUT2D eigenvalue weighted by atomic mass is 10.3. The summed E-state index contributed by atoms with van der Waals surface area (Å²) in [6.07, 6.45) is 0.712. The van der Waals surface area contributed by atoms with Crippen molar-refractivity contribution < 1.29 is 9.59 Å². The molecule has 0 aliphatic rings. The van der Waals surface area contributed by atoms with Gasteiger partial charge in [-0.2, -0.15) is 0 Å². The summed E-state index contributed by atoms with van der Waals surface area (Å²) in [4.78, 5) is 21.8. The molecule has 0 aromatic heterocycles. The van der Waals surface area contributed by atoms with Gasteiger partial charge < -0.3 is 5.32 Å². The minimum absolute atomic E-state index is 0.0452. The quantitative estimate of drug-likeness (QED) is 0.460. The zero-order valence-corrected chi connectivity index (χ0v) is 10.1. The Labute approximate surface area is 92.7 Å². The summed E-state index contributed by atoms with van der Waals surface area (Å²) in [5.41, 5.74) is 0.493. The third kappa shape index (κ3) is 5.75. The molecule has 14 heavy (non-hydrogen) atoms. The van der Waals surface area contributed by atoms with Gasteiger partial charge in [-0.3, -0.25) is 13.5 Å². The third-order valence-electron chi connectivity index (χ3n) is 1.55. The van der Waals surface area contributed by atoms with Crippen LogP contribution in [-0.2, 0) is 9.59 Å². The average Bonchev–Trinajstić information content (AvgIpc) is 2.11. The first-order valence-electron chi connectivity index (χ1n) is 4.32. The molecule has 0 saturated heterocycles. The van der Waals surface area contributed by atoms with Crippen molar-refractivity contribution in [1.82, 2.24) is 9.24 Å². The highest BCUT2D eigenvalue weighted by atomic mass is 79.9. The molecule has 0 aliphatic carbocycles. The molecule has 0 aromatic carbocycles. The van der Waals surface area contributed by atoms with Crippen LogP contribution >= 0.6 is 16.1 Å². The second kappa shape index (κ2) is 6.59. The first kappa shape index (κ1) is 13.2. The monoisotopic (exact) mass is 262 g/mol. The van der Waals surface area contributed by atoms with Crippen LogP contribution in [0.15, 0.2) is 12.2 Å². The van der Waals surface area contributed by atoms with E-state index in [0.29, 0.717) is 25.1 Å². The van der Waals surface area contributed by atoms with Crippen LogP contribution in [0.1, 0.15) is 20.3 Å². The van der Waals surface area contributed by atoms with E-state index in [0.717, 1.165) is 0 Å². The summed E-state index contributed by atoms with van der Waals surface area (Å²) < 4.78 is 1.43. The Bertz CT molecular complexity index is 241. The maximum absolute atomic E-state index is 11.0. The molecule has 4 nitrogen and oxygen atoms in total. The Balaban J connectivity index is 3.52. The van der Waals surface area contributed by atoms with Gasteiger partial charge in [-0.05, 0) is 13.3 Å². The fourth-order valence-electron chi connectivity index (χ4n) is 0.728. The predicted octanol–water partition coefficient (Wildman–Crippen LogP) is 1.23. The molecule has 0 radical (unpaired) electrons. The van der Waals surface area contributed by atoms with E-state index in [-0.39, 0.29) is 11.8 Å². The molecule has 0 aliphatic heterocycles. The maximum atomic E-state index is 11.0. The molecule has 1 N–H and O–H groups in total. The lowest BCUT2D eigenvalue weighted by Gasteiger charge is -2.11. The van der Waals surface area contributed by atoms with Crippen molar-refractivity contribution in [3.8, 4) is 0 Å². The summed E-state index contributed by atoms with van der Waals surface area (Å²) in [6, 6.07) is 0. The number of amides is 2. The van der Waals surface area contributed by atoms with Gasteiger partial charge in [0.05, 0.1) is 16.1 Å². The maximum Gasteiger partial charge on any atom is 0.246 e. The van der Waals surface area contributed by atoms with Crippen molar-refractivity contribution in [2.45, 2.75) is 20.3 Å². The van der Waals surface area contributed by atoms with Crippen LogP contribution in [0.2, 0.25) is 0 Å². The van der Waals surface area contributed by atoms with Crippen molar-refractivity contribution in [3.05, 3.63) is 12.2 Å². The first-order chi connectivity index (χ1) is 6.45. The Morgan fingerprint density at radius 3 is 2.43 bits per heavy atom. The zero-order chi connectivity index (χ0) is 11.1. The number of hydrogen-bond donors (Lipinski definition) is 1. The van der Waals surface area contributed by atoms with Crippen molar-refractivity contribution in [1.29, 1.82) is 0 Å². The van der Waals surface area contributed by atoms with Crippen LogP contribution < -0.4 is 5.32 Å². The lowest BCUT2D eigenvalue weighted by Crippen LogP contribution is -2.28. The highest BCUT2D eigenvalue weighted by Gasteiger charge is 2.04. The largest absolute Gasteiger partial charge is 0.352 e. The van der Waals surface area contributed by atoms with Gasteiger partial charge in [0.25, 0.3) is 0 Å². The third-order valence-corrected chi connectivity index (χ3v) is 2.40. The standard InChI is InChI=1S/C9H15BrN2O2/c1-7(2)9(14)11-5-4-6-12(10)8(3)13/h1,4-6H2,2-3H3,(H,11,14). The van der Waals surface area contributed by atoms with E-state index < -0.39 is 0 Å². The molecule has 80 valence electrons. The Morgan fingerprint density at radius 2 is 2.00 bits per heavy atom. The van der Waals surface area contributed by atoms with Gasteiger partial charge in [-0.1, -0.05) is 6.58 Å². The number of carbonyl (C=O) groups is 2. The van der Waals surface area contributed by atoms with Gasteiger partial charge >= 0.3 is 0 Å². The normalized spacial score (nSPS) is 9.36. The molecular formula is C9H15BrN2O2. The fraction of sp³-hybridized carbons (Fsp3) is 0.556. The molecule has 0 atom stereocenters. The van der Waals surface area contributed by atoms with E-state index in [4.69, 9.17) is 0 Å². The van der Waals surface area contributed by atoms with E-state index in [1.807, 2.05) is 0 Å². The number of nitrogens with zero attached hydrogens (tertiary/aromatic N) is 1. The second-order valence-corrected chi connectivity index (χ2v) is 3.85. The number of halogens is 1. The van der Waals surface area contributed by atoms with E-state index in [1.54, 1.807) is 6.92 Å². The summed E-state index contributed by atoms with van der Waals surface area (Å²) >= 11 is 3.09. The second-order valence-electron chi connectivity index (χ2n) is 2.99. The van der Waals surface area contributed by atoms with Crippen LogP contribution in [0.4, 0.5) is 0 Å². The molecule has 0 spiro atoms. The Hall–Kier alpha value is -0.840. The predicted molar refractivity (Wildman–Crippen MR) is 58.8 cm³/mol. The molecule has 0 saturated carbocycles. The van der Waals surface area contributed by atoms with E-state index in [9.17, 15) is 9.59 Å². The van der Waals surface area contributed by atoms with Crippen molar-refractivity contribution in [2.75, 3.05) is 13.1 Å². The zero-order valence-electron chi connectivity index (χ0n) is 8.47. The van der Waals surface area contributed by atoms with Gasteiger partial charge in [-0.25, -0.2) is 0 Å². The van der Waals surface area contributed by atoms with Gasteiger partial charge in [0.1, 0.15) is 0 Å². The minimum atomic E-state index is -0.144. The summed E-state index contributed by atoms with van der Waals surface area (Å²) in [5, 5.41) is 2.68. The lowest BCUT2D eigenvalue weighted by molar-refractivity contribution is -0.123. The minimum Gasteiger partial charge on any atom is -0.352 e. The Morgan fingerprint density at radius 1 is 1.43 bits per heavy atom. The molecule has 0 rings (SSSR count). The van der Waals surface area contributed by atoms with E-state index >= 15 is 0 Å². The highest BCUT2D eigenvalue weighted by Crippen LogP contribution is 1.99. The van der Waals surface area contributed by atoms with Crippen LogP contribution in [0, 0.1) is 0 Å². The molecule has 0 bridgehead atoms. The molecular weight excluding hydrogens is 248 g/mol. The number of rotatable bonds is 5. The smallest absolute Gasteiger partial charge is 0.246 e. The molecule has 2 amide bonds. The summed E-state index contributed by atoms with van der Waals surface area (Å²) in [7, 11) is 0. The molecule has 0 aromatic rings. The number of nitrogens with one attached hydrogen (secondary N) is 1. The SMILES string of the molecule is C=C(C)C(=O)NCCCN(Br)C(C)=O. The highest BCUT2D eigenvalue weighted by molar-refractivity contribution is 9.07. The molecule has 0 heterocycles. The van der Waals surface area contributed by atoms with Crippen molar-refractivity contribution in [3.63, 3.8) is 0 Å². The van der Waals surface area contributed by atoms with Crippen LogP contribution in [0.3, 0.4) is 0 Å². The van der Waals surface area contributed by atoms with Crippen molar-refractivity contribution in [2.24, 2.45) is 0 Å². The summed E-state index contributed by atoms with van der Waals surface area (Å²) in [5.74, 6) is -0.190. The number of carbonyl (C=O) groups excluding carboxylic acids is 2. The molecule has 0 fully saturated rings.